The number of furan rings is 1. The Morgan fingerprint density at radius 1 is 1.22 bits per heavy atom. The Balaban J connectivity index is 1.55. The molecule has 8 heteroatoms. The summed E-state index contributed by atoms with van der Waals surface area (Å²) < 4.78 is 5.53. The molecule has 8 nitrogen and oxygen atoms in total. The minimum Gasteiger partial charge on any atom is -0.460 e. The second kappa shape index (κ2) is 6.56. The van der Waals surface area contributed by atoms with E-state index in [0.717, 1.165) is 5.76 Å². The van der Waals surface area contributed by atoms with Crippen LogP contribution in [0.25, 0.3) is 22.4 Å². The first-order valence-electron chi connectivity index (χ1n) is 8.37. The molecule has 136 valence electrons. The van der Waals surface area contributed by atoms with Gasteiger partial charge in [0, 0.05) is 13.1 Å². The molecule has 0 atom stereocenters. The SMILES string of the molecule is Cc1ccc(-c2cc(C(=O)N(C)Cc3nc4ccccc4c(=O)[nH]3)n[nH]2)o1. The van der Waals surface area contributed by atoms with Gasteiger partial charge in [-0.15, -0.1) is 0 Å². The number of aryl methyl sites for hydroxylation is 1. The summed E-state index contributed by atoms with van der Waals surface area (Å²) in [5.74, 6) is 1.50. The smallest absolute Gasteiger partial charge is 0.274 e. The fourth-order valence-corrected chi connectivity index (χ4v) is 2.84. The summed E-state index contributed by atoms with van der Waals surface area (Å²) in [6.45, 7) is 2.00. The predicted molar refractivity (Wildman–Crippen MR) is 99.2 cm³/mol. The van der Waals surface area contributed by atoms with Crippen LogP contribution >= 0.6 is 0 Å². The Bertz CT molecular complexity index is 1190. The molecule has 0 aliphatic carbocycles. The van der Waals surface area contributed by atoms with Crippen LogP contribution in [0.15, 0.2) is 51.7 Å². The number of hydrogen-bond donors (Lipinski definition) is 2. The van der Waals surface area contributed by atoms with E-state index in [1.807, 2.05) is 25.1 Å². The van der Waals surface area contributed by atoms with Crippen molar-refractivity contribution in [3.8, 4) is 11.5 Å². The molecule has 0 spiro atoms. The zero-order valence-electron chi connectivity index (χ0n) is 14.8. The van der Waals surface area contributed by atoms with Crippen LogP contribution in [0.4, 0.5) is 0 Å². The highest BCUT2D eigenvalue weighted by atomic mass is 16.3. The van der Waals surface area contributed by atoms with Gasteiger partial charge in [-0.05, 0) is 31.2 Å². The van der Waals surface area contributed by atoms with Crippen LogP contribution in [-0.4, -0.2) is 38.0 Å². The van der Waals surface area contributed by atoms with Crippen molar-refractivity contribution in [1.82, 2.24) is 25.1 Å². The molecule has 0 aliphatic rings. The fraction of sp³-hybridized carbons (Fsp3) is 0.158. The number of carbonyl (C=O) groups is 1. The molecule has 0 saturated carbocycles. The van der Waals surface area contributed by atoms with E-state index in [0.29, 0.717) is 28.2 Å². The number of amides is 1. The first kappa shape index (κ1) is 16.8. The Morgan fingerprint density at radius 3 is 2.81 bits per heavy atom. The van der Waals surface area contributed by atoms with Crippen molar-refractivity contribution >= 4 is 16.8 Å². The van der Waals surface area contributed by atoms with Crippen LogP contribution in [0, 0.1) is 6.92 Å². The molecule has 1 amide bonds. The van der Waals surface area contributed by atoms with Gasteiger partial charge in [0.1, 0.15) is 17.3 Å². The van der Waals surface area contributed by atoms with Crippen LogP contribution in [0.2, 0.25) is 0 Å². The Labute approximate surface area is 153 Å². The van der Waals surface area contributed by atoms with Crippen LogP contribution in [0.1, 0.15) is 22.1 Å². The van der Waals surface area contributed by atoms with Crippen molar-refractivity contribution < 1.29 is 9.21 Å². The van der Waals surface area contributed by atoms with E-state index in [-0.39, 0.29) is 23.7 Å². The molecule has 0 radical (unpaired) electrons. The van der Waals surface area contributed by atoms with Gasteiger partial charge in [0.15, 0.2) is 11.5 Å². The number of carbonyl (C=O) groups excluding carboxylic acids is 1. The monoisotopic (exact) mass is 363 g/mol. The number of benzene rings is 1. The molecule has 27 heavy (non-hydrogen) atoms. The van der Waals surface area contributed by atoms with E-state index < -0.39 is 0 Å². The highest BCUT2D eigenvalue weighted by Gasteiger charge is 2.18. The molecular formula is C19H17N5O3. The lowest BCUT2D eigenvalue weighted by Crippen LogP contribution is -2.28. The van der Waals surface area contributed by atoms with Gasteiger partial charge in [0.05, 0.1) is 17.4 Å². The van der Waals surface area contributed by atoms with E-state index in [1.165, 1.54) is 4.90 Å². The Kier molecular flexibility index (Phi) is 4.08. The van der Waals surface area contributed by atoms with Crippen molar-refractivity contribution in [1.29, 1.82) is 0 Å². The molecule has 2 N–H and O–H groups in total. The van der Waals surface area contributed by atoms with Crippen molar-refractivity contribution in [3.05, 3.63) is 70.1 Å². The van der Waals surface area contributed by atoms with Crippen LogP contribution < -0.4 is 5.56 Å². The van der Waals surface area contributed by atoms with Gasteiger partial charge >= 0.3 is 0 Å². The third-order valence-electron chi connectivity index (χ3n) is 4.20. The number of aromatic amines is 2. The highest BCUT2D eigenvalue weighted by Crippen LogP contribution is 2.20. The summed E-state index contributed by atoms with van der Waals surface area (Å²) in [6, 6.07) is 12.4. The number of fused-ring (bicyclic) bond motifs is 1. The third-order valence-corrected chi connectivity index (χ3v) is 4.20. The van der Waals surface area contributed by atoms with Crippen LogP contribution in [-0.2, 0) is 6.54 Å². The summed E-state index contributed by atoms with van der Waals surface area (Å²) in [5, 5.41) is 7.38. The lowest BCUT2D eigenvalue weighted by Gasteiger charge is -2.15. The normalized spacial score (nSPS) is 11.0. The van der Waals surface area contributed by atoms with Crippen LogP contribution in [0.3, 0.4) is 0 Å². The molecule has 0 fully saturated rings. The number of hydrogen-bond acceptors (Lipinski definition) is 5. The van der Waals surface area contributed by atoms with Gasteiger partial charge in [-0.25, -0.2) is 4.98 Å². The van der Waals surface area contributed by atoms with Crippen molar-refractivity contribution in [2.24, 2.45) is 0 Å². The lowest BCUT2D eigenvalue weighted by molar-refractivity contribution is 0.0775. The summed E-state index contributed by atoms with van der Waals surface area (Å²) in [4.78, 5) is 33.4. The van der Waals surface area contributed by atoms with Gasteiger partial charge in [-0.2, -0.15) is 5.10 Å². The second-order valence-corrected chi connectivity index (χ2v) is 6.27. The maximum Gasteiger partial charge on any atom is 0.274 e. The van der Waals surface area contributed by atoms with Crippen molar-refractivity contribution in [2.75, 3.05) is 7.05 Å². The van der Waals surface area contributed by atoms with Gasteiger partial charge < -0.3 is 14.3 Å². The zero-order valence-corrected chi connectivity index (χ0v) is 14.8. The molecule has 4 rings (SSSR count). The number of H-pyrrole nitrogens is 2. The van der Waals surface area contributed by atoms with Gasteiger partial charge in [-0.3, -0.25) is 14.7 Å². The summed E-state index contributed by atoms with van der Waals surface area (Å²) in [6.07, 6.45) is 0. The largest absolute Gasteiger partial charge is 0.460 e. The van der Waals surface area contributed by atoms with Gasteiger partial charge in [0.2, 0.25) is 0 Å². The van der Waals surface area contributed by atoms with E-state index in [1.54, 1.807) is 31.3 Å². The molecule has 3 aromatic heterocycles. The third kappa shape index (κ3) is 3.24. The molecule has 4 aromatic rings. The maximum atomic E-state index is 12.6. The Hall–Kier alpha value is -3.68. The van der Waals surface area contributed by atoms with E-state index in [9.17, 15) is 9.59 Å². The fourth-order valence-electron chi connectivity index (χ4n) is 2.84. The molecular weight excluding hydrogens is 346 g/mol. The number of aromatic nitrogens is 4. The number of rotatable bonds is 4. The first-order valence-corrected chi connectivity index (χ1v) is 8.37. The first-order chi connectivity index (χ1) is 13.0. The minimum absolute atomic E-state index is 0.154. The average molecular weight is 363 g/mol. The average Bonchev–Trinajstić information content (AvgIpc) is 3.30. The second-order valence-electron chi connectivity index (χ2n) is 6.27. The van der Waals surface area contributed by atoms with Crippen molar-refractivity contribution in [3.63, 3.8) is 0 Å². The molecule has 0 aliphatic heterocycles. The summed E-state index contributed by atoms with van der Waals surface area (Å²) in [7, 11) is 1.63. The standard InChI is InChI=1S/C19H17N5O3/c1-11-7-8-16(27-11)14-9-15(23-22-14)19(26)24(2)10-17-20-13-6-4-3-5-12(13)18(25)21-17/h3-9H,10H2,1-2H3,(H,22,23)(H,20,21,25). The number of nitrogens with zero attached hydrogens (tertiary/aromatic N) is 3. The van der Waals surface area contributed by atoms with Gasteiger partial charge in [-0.1, -0.05) is 12.1 Å². The summed E-state index contributed by atoms with van der Waals surface area (Å²) >= 11 is 0. The zero-order chi connectivity index (χ0) is 19.0. The molecule has 0 saturated heterocycles. The van der Waals surface area contributed by atoms with E-state index in [2.05, 4.69) is 20.2 Å². The van der Waals surface area contributed by atoms with Crippen LogP contribution in [0.5, 0.6) is 0 Å². The maximum absolute atomic E-state index is 12.6. The predicted octanol–water partition coefficient (Wildman–Crippen LogP) is 2.49. The quantitative estimate of drug-likeness (QED) is 0.579. The molecule has 0 unspecified atom stereocenters. The van der Waals surface area contributed by atoms with Crippen molar-refractivity contribution in [2.45, 2.75) is 13.5 Å². The highest BCUT2D eigenvalue weighted by molar-refractivity contribution is 5.93. The summed E-state index contributed by atoms with van der Waals surface area (Å²) in [5.41, 5.74) is 1.24. The molecule has 3 heterocycles. The van der Waals surface area contributed by atoms with E-state index >= 15 is 0 Å². The number of para-hydroxylation sites is 1. The van der Waals surface area contributed by atoms with E-state index in [4.69, 9.17) is 4.42 Å². The minimum atomic E-state index is -0.295. The lowest BCUT2D eigenvalue weighted by atomic mass is 10.2. The Morgan fingerprint density at radius 2 is 2.04 bits per heavy atom. The topological polar surface area (TPSA) is 108 Å². The molecule has 0 bridgehead atoms. The van der Waals surface area contributed by atoms with Gasteiger partial charge in [0.25, 0.3) is 11.5 Å². The molecule has 1 aromatic carbocycles. The number of nitrogens with one attached hydrogen (secondary N) is 2.